The van der Waals surface area contributed by atoms with Crippen LogP contribution < -0.4 is 10.6 Å². The first kappa shape index (κ1) is 14.3. The van der Waals surface area contributed by atoms with Gasteiger partial charge in [0.2, 0.25) is 5.91 Å². The van der Waals surface area contributed by atoms with E-state index >= 15 is 0 Å². The van der Waals surface area contributed by atoms with E-state index < -0.39 is 11.5 Å². The van der Waals surface area contributed by atoms with Crippen LogP contribution in [0.4, 0.5) is 0 Å². The summed E-state index contributed by atoms with van der Waals surface area (Å²) in [4.78, 5) is 23.6. The van der Waals surface area contributed by atoms with Gasteiger partial charge in [0.05, 0.1) is 17.4 Å². The maximum atomic E-state index is 12.5. The van der Waals surface area contributed by atoms with Crippen LogP contribution in [0.25, 0.3) is 0 Å². The zero-order valence-corrected chi connectivity index (χ0v) is 11.6. The number of carbonyl (C=O) groups is 2. The van der Waals surface area contributed by atoms with E-state index in [4.69, 9.17) is 5.11 Å². The van der Waals surface area contributed by atoms with Crippen LogP contribution in [-0.2, 0) is 9.59 Å². The van der Waals surface area contributed by atoms with Crippen LogP contribution in [0.3, 0.4) is 0 Å². The zero-order chi connectivity index (χ0) is 13.9. The number of aliphatic carboxylic acids is 1. The van der Waals surface area contributed by atoms with E-state index in [0.29, 0.717) is 6.54 Å². The first-order valence-corrected chi connectivity index (χ1v) is 7.21. The Morgan fingerprint density at radius 1 is 1.21 bits per heavy atom. The van der Waals surface area contributed by atoms with E-state index in [1.165, 1.54) is 0 Å². The fourth-order valence-corrected chi connectivity index (χ4v) is 3.27. The molecule has 2 aliphatic rings. The lowest BCUT2D eigenvalue weighted by molar-refractivity contribution is -0.140. The lowest BCUT2D eigenvalue weighted by atomic mass is 9.77. The van der Waals surface area contributed by atoms with Gasteiger partial charge in [-0.3, -0.25) is 9.59 Å². The van der Waals surface area contributed by atoms with Crippen LogP contribution in [-0.4, -0.2) is 35.6 Å². The molecule has 19 heavy (non-hydrogen) atoms. The Balaban J connectivity index is 2.06. The van der Waals surface area contributed by atoms with Gasteiger partial charge < -0.3 is 15.7 Å². The summed E-state index contributed by atoms with van der Waals surface area (Å²) in [7, 11) is 0. The summed E-state index contributed by atoms with van der Waals surface area (Å²) in [6, 6.07) is 0. The Labute approximate surface area is 114 Å². The largest absolute Gasteiger partial charge is 0.481 e. The van der Waals surface area contributed by atoms with Gasteiger partial charge in [0.1, 0.15) is 0 Å². The number of carbonyl (C=O) groups excluding carboxylic acids is 1. The van der Waals surface area contributed by atoms with Crippen molar-refractivity contribution in [3.05, 3.63) is 0 Å². The second-order valence-corrected chi connectivity index (χ2v) is 6.35. The monoisotopic (exact) mass is 268 g/mol. The minimum atomic E-state index is -0.822. The quantitative estimate of drug-likeness (QED) is 0.717. The minimum absolute atomic E-state index is 0.0145. The maximum absolute atomic E-state index is 12.5. The van der Waals surface area contributed by atoms with Crippen molar-refractivity contribution in [1.29, 1.82) is 0 Å². The highest BCUT2D eigenvalue weighted by Crippen LogP contribution is 2.33. The molecule has 1 saturated heterocycles. The Bertz CT molecular complexity index is 356. The van der Waals surface area contributed by atoms with Gasteiger partial charge in [-0.05, 0) is 32.7 Å². The molecular weight excluding hydrogens is 244 g/mol. The van der Waals surface area contributed by atoms with Crippen molar-refractivity contribution in [2.24, 2.45) is 5.41 Å². The summed E-state index contributed by atoms with van der Waals surface area (Å²) < 4.78 is 0. The van der Waals surface area contributed by atoms with E-state index in [2.05, 4.69) is 10.6 Å². The molecule has 0 radical (unpaired) electrons. The van der Waals surface area contributed by atoms with Crippen LogP contribution in [0.1, 0.15) is 51.9 Å². The third kappa shape index (κ3) is 3.26. The van der Waals surface area contributed by atoms with Crippen molar-refractivity contribution >= 4 is 11.9 Å². The van der Waals surface area contributed by atoms with Crippen LogP contribution in [0.2, 0.25) is 0 Å². The van der Waals surface area contributed by atoms with Gasteiger partial charge in [0.15, 0.2) is 0 Å². The number of carboxylic acids is 1. The molecule has 2 rings (SSSR count). The highest BCUT2D eigenvalue weighted by atomic mass is 16.4. The number of hydrogen-bond acceptors (Lipinski definition) is 3. The lowest BCUT2D eigenvalue weighted by Gasteiger charge is -2.39. The Hall–Kier alpha value is -1.10. The predicted octanol–water partition coefficient (Wildman–Crippen LogP) is 1.28. The molecule has 5 heteroatoms. The molecule has 0 aromatic carbocycles. The third-order valence-corrected chi connectivity index (χ3v) is 4.60. The normalized spacial score (nSPS) is 29.9. The predicted molar refractivity (Wildman–Crippen MR) is 71.8 cm³/mol. The standard InChI is InChI=1S/C14H24N2O3/c1-13(7-8-15-10-13)12(19)16-14(9-11(17)18)5-3-2-4-6-14/h15H,2-10H2,1H3,(H,16,19)(H,17,18). The first-order valence-electron chi connectivity index (χ1n) is 7.21. The van der Waals surface area contributed by atoms with Gasteiger partial charge in [0, 0.05) is 6.54 Å². The van der Waals surface area contributed by atoms with Crippen LogP contribution in [0.15, 0.2) is 0 Å². The Morgan fingerprint density at radius 3 is 2.42 bits per heavy atom. The molecule has 0 bridgehead atoms. The molecule has 1 saturated carbocycles. The summed E-state index contributed by atoms with van der Waals surface area (Å²) >= 11 is 0. The van der Waals surface area contributed by atoms with Gasteiger partial charge in [0.25, 0.3) is 0 Å². The maximum Gasteiger partial charge on any atom is 0.305 e. The molecule has 1 aliphatic heterocycles. The topological polar surface area (TPSA) is 78.4 Å². The van der Waals surface area contributed by atoms with E-state index in [0.717, 1.165) is 45.1 Å². The van der Waals surface area contributed by atoms with Gasteiger partial charge in [-0.2, -0.15) is 0 Å². The molecular formula is C14H24N2O3. The van der Waals surface area contributed by atoms with Crippen LogP contribution in [0, 0.1) is 5.41 Å². The molecule has 0 aromatic heterocycles. The highest BCUT2D eigenvalue weighted by molar-refractivity contribution is 5.84. The van der Waals surface area contributed by atoms with Crippen molar-refractivity contribution in [2.75, 3.05) is 13.1 Å². The molecule has 3 N–H and O–H groups in total. The highest BCUT2D eigenvalue weighted by Gasteiger charge is 2.42. The van der Waals surface area contributed by atoms with Crippen molar-refractivity contribution in [3.8, 4) is 0 Å². The molecule has 1 unspecified atom stereocenters. The number of rotatable bonds is 4. The van der Waals surface area contributed by atoms with Gasteiger partial charge in [-0.15, -0.1) is 0 Å². The minimum Gasteiger partial charge on any atom is -0.481 e. The van der Waals surface area contributed by atoms with E-state index in [1.54, 1.807) is 0 Å². The average molecular weight is 268 g/mol. The van der Waals surface area contributed by atoms with Crippen molar-refractivity contribution in [2.45, 2.75) is 57.4 Å². The molecule has 1 heterocycles. The zero-order valence-electron chi connectivity index (χ0n) is 11.6. The Morgan fingerprint density at radius 2 is 1.89 bits per heavy atom. The van der Waals surface area contributed by atoms with E-state index in [1.807, 2.05) is 6.92 Å². The van der Waals surface area contributed by atoms with Crippen molar-refractivity contribution in [1.82, 2.24) is 10.6 Å². The number of amides is 1. The SMILES string of the molecule is CC1(C(=O)NC2(CC(=O)O)CCCCC2)CCNC1. The van der Waals surface area contributed by atoms with E-state index in [-0.39, 0.29) is 17.7 Å². The average Bonchev–Trinajstić information content (AvgIpc) is 2.77. The van der Waals surface area contributed by atoms with Crippen LogP contribution in [0.5, 0.6) is 0 Å². The molecule has 2 fully saturated rings. The molecule has 1 atom stereocenters. The molecule has 108 valence electrons. The molecule has 5 nitrogen and oxygen atoms in total. The second kappa shape index (κ2) is 5.49. The smallest absolute Gasteiger partial charge is 0.305 e. The Kier molecular flexibility index (Phi) is 4.13. The van der Waals surface area contributed by atoms with Gasteiger partial charge in [-0.1, -0.05) is 19.3 Å². The van der Waals surface area contributed by atoms with Crippen molar-refractivity contribution in [3.63, 3.8) is 0 Å². The molecule has 1 aliphatic carbocycles. The van der Waals surface area contributed by atoms with Gasteiger partial charge in [-0.25, -0.2) is 0 Å². The number of nitrogens with one attached hydrogen (secondary N) is 2. The van der Waals surface area contributed by atoms with Gasteiger partial charge >= 0.3 is 5.97 Å². The molecule has 0 spiro atoms. The molecule has 0 aromatic rings. The number of carboxylic acid groups (broad SMARTS) is 1. The third-order valence-electron chi connectivity index (χ3n) is 4.60. The summed E-state index contributed by atoms with van der Waals surface area (Å²) in [5, 5.41) is 15.4. The van der Waals surface area contributed by atoms with Crippen LogP contribution >= 0.6 is 0 Å². The van der Waals surface area contributed by atoms with E-state index in [9.17, 15) is 9.59 Å². The van der Waals surface area contributed by atoms with Crippen molar-refractivity contribution < 1.29 is 14.7 Å². The summed E-state index contributed by atoms with van der Waals surface area (Å²) in [5.74, 6) is -0.808. The summed E-state index contributed by atoms with van der Waals surface area (Å²) in [5.41, 5.74) is -0.907. The summed E-state index contributed by atoms with van der Waals surface area (Å²) in [6.45, 7) is 3.50. The summed E-state index contributed by atoms with van der Waals surface area (Å²) in [6.07, 6.45) is 5.58. The first-order chi connectivity index (χ1) is 8.96. The fraction of sp³-hybridized carbons (Fsp3) is 0.857. The number of hydrogen-bond donors (Lipinski definition) is 3. The fourth-order valence-electron chi connectivity index (χ4n) is 3.27. The second-order valence-electron chi connectivity index (χ2n) is 6.35. The lowest BCUT2D eigenvalue weighted by Crippen LogP contribution is -2.55. The molecule has 1 amide bonds.